The van der Waals surface area contributed by atoms with Crippen LogP contribution in [0.25, 0.3) is 0 Å². The van der Waals surface area contributed by atoms with Gasteiger partial charge < -0.3 is 42.7 Å². The third kappa shape index (κ3) is 10.7. The highest BCUT2D eigenvalue weighted by atomic mass is 16.4. The Morgan fingerprint density at radius 3 is 1.78 bits per heavy atom. The van der Waals surface area contributed by atoms with Crippen molar-refractivity contribution in [2.45, 2.75) is 63.7 Å². The van der Waals surface area contributed by atoms with Gasteiger partial charge in [-0.1, -0.05) is 13.8 Å². The first-order valence-electron chi connectivity index (χ1n) is 9.80. The highest BCUT2D eigenvalue weighted by molar-refractivity contribution is 5.94. The van der Waals surface area contributed by atoms with E-state index in [0.29, 0.717) is 0 Å². The maximum absolute atomic E-state index is 12.7. The van der Waals surface area contributed by atoms with Crippen molar-refractivity contribution < 1.29 is 44.1 Å². The number of carbonyl (C=O) groups is 6. The van der Waals surface area contributed by atoms with Crippen LogP contribution in [-0.2, 0) is 28.8 Å². The van der Waals surface area contributed by atoms with E-state index < -0.39 is 78.7 Å². The molecule has 4 amide bonds. The molecule has 4 atom stereocenters. The lowest BCUT2D eigenvalue weighted by Gasteiger charge is -2.26. The minimum atomic E-state index is -1.50. The van der Waals surface area contributed by atoms with Crippen molar-refractivity contribution in [3.8, 4) is 0 Å². The minimum absolute atomic E-state index is 0.306. The number of rotatable bonds is 15. The van der Waals surface area contributed by atoms with Gasteiger partial charge in [-0.15, -0.1) is 0 Å². The summed E-state index contributed by atoms with van der Waals surface area (Å²) < 4.78 is 0. The number of aliphatic hydroxyl groups excluding tert-OH is 1. The second kappa shape index (κ2) is 13.9. The fraction of sp³-hybridized carbons (Fsp3) is 0.667. The summed E-state index contributed by atoms with van der Waals surface area (Å²) in [6, 6.07) is -5.40. The largest absolute Gasteiger partial charge is 0.481 e. The Morgan fingerprint density at radius 1 is 0.812 bits per heavy atom. The van der Waals surface area contributed by atoms with Crippen LogP contribution in [0.5, 0.6) is 0 Å². The van der Waals surface area contributed by atoms with Crippen LogP contribution < -0.4 is 27.4 Å². The molecular weight excluding hydrogens is 430 g/mol. The van der Waals surface area contributed by atoms with Gasteiger partial charge in [-0.2, -0.15) is 0 Å². The Bertz CT molecular complexity index is 713. The number of carboxylic acids is 2. The summed E-state index contributed by atoms with van der Waals surface area (Å²) in [7, 11) is 0. The van der Waals surface area contributed by atoms with Gasteiger partial charge in [-0.3, -0.25) is 24.0 Å². The maximum Gasteiger partial charge on any atom is 0.326 e. The van der Waals surface area contributed by atoms with Crippen molar-refractivity contribution in [1.82, 2.24) is 16.0 Å². The lowest BCUT2D eigenvalue weighted by molar-refractivity contribution is -0.143. The summed E-state index contributed by atoms with van der Waals surface area (Å²) in [5, 5.41) is 33.9. The van der Waals surface area contributed by atoms with E-state index in [-0.39, 0.29) is 19.3 Å². The monoisotopic (exact) mass is 461 g/mol. The highest BCUT2D eigenvalue weighted by Crippen LogP contribution is 2.07. The summed E-state index contributed by atoms with van der Waals surface area (Å²) >= 11 is 0. The predicted octanol–water partition coefficient (Wildman–Crippen LogP) is -3.37. The molecule has 0 saturated heterocycles. The van der Waals surface area contributed by atoms with E-state index in [1.807, 2.05) is 0 Å². The van der Waals surface area contributed by atoms with Crippen molar-refractivity contribution >= 4 is 35.6 Å². The molecule has 14 heteroatoms. The Morgan fingerprint density at radius 2 is 1.34 bits per heavy atom. The minimum Gasteiger partial charge on any atom is -0.481 e. The quantitative estimate of drug-likeness (QED) is 0.120. The molecule has 0 fully saturated rings. The topological polar surface area (TPSA) is 251 Å². The molecule has 0 aromatic heterocycles. The molecule has 0 spiro atoms. The van der Waals surface area contributed by atoms with E-state index in [1.54, 1.807) is 13.8 Å². The van der Waals surface area contributed by atoms with Crippen molar-refractivity contribution in [3.63, 3.8) is 0 Å². The summed E-state index contributed by atoms with van der Waals surface area (Å²) in [6.45, 7) is 2.51. The lowest BCUT2D eigenvalue weighted by atomic mass is 10.0. The molecule has 0 rings (SSSR count). The van der Waals surface area contributed by atoms with Gasteiger partial charge >= 0.3 is 11.9 Å². The molecule has 14 nitrogen and oxygen atoms in total. The molecule has 0 heterocycles. The molecule has 4 unspecified atom stereocenters. The fourth-order valence-electron chi connectivity index (χ4n) is 2.49. The van der Waals surface area contributed by atoms with Crippen LogP contribution in [0.3, 0.4) is 0 Å². The number of nitrogens with one attached hydrogen (secondary N) is 3. The lowest BCUT2D eigenvalue weighted by Crippen LogP contribution is -2.58. The van der Waals surface area contributed by atoms with Gasteiger partial charge in [0, 0.05) is 12.8 Å². The van der Waals surface area contributed by atoms with Crippen molar-refractivity contribution in [2.24, 2.45) is 17.4 Å². The summed E-state index contributed by atoms with van der Waals surface area (Å²) in [6.07, 6.45) is -1.52. The SMILES string of the molecule is CC(C)C(NC(=O)C(N)CO)C(=O)NC(CCC(=O)O)C(=O)NC(CCC(N)=O)C(=O)O. The van der Waals surface area contributed by atoms with E-state index in [2.05, 4.69) is 16.0 Å². The molecule has 0 aliphatic rings. The van der Waals surface area contributed by atoms with E-state index in [1.165, 1.54) is 0 Å². The van der Waals surface area contributed by atoms with Crippen LogP contribution in [0.4, 0.5) is 0 Å². The first-order chi connectivity index (χ1) is 14.8. The van der Waals surface area contributed by atoms with Gasteiger partial charge in [-0.05, 0) is 18.8 Å². The molecule has 32 heavy (non-hydrogen) atoms. The van der Waals surface area contributed by atoms with Crippen LogP contribution in [-0.4, -0.2) is 81.7 Å². The van der Waals surface area contributed by atoms with Crippen LogP contribution in [0, 0.1) is 5.92 Å². The first kappa shape index (κ1) is 28.7. The number of aliphatic hydroxyl groups is 1. The number of amides is 4. The Kier molecular flexibility index (Phi) is 12.5. The van der Waals surface area contributed by atoms with Gasteiger partial charge in [0.25, 0.3) is 0 Å². The number of carboxylic acid groups (broad SMARTS) is 2. The number of nitrogens with two attached hydrogens (primary N) is 2. The number of hydrogen-bond donors (Lipinski definition) is 8. The van der Waals surface area contributed by atoms with E-state index in [9.17, 15) is 33.9 Å². The van der Waals surface area contributed by atoms with Crippen molar-refractivity contribution in [3.05, 3.63) is 0 Å². The Hall–Kier alpha value is -3.26. The van der Waals surface area contributed by atoms with Gasteiger partial charge in [0.2, 0.25) is 23.6 Å². The fourth-order valence-corrected chi connectivity index (χ4v) is 2.49. The van der Waals surface area contributed by atoms with E-state index >= 15 is 0 Å². The standard InChI is InChI=1S/C18H31N5O9/c1-8(2)14(23-15(28)9(19)7-24)17(30)21-10(4-6-13(26)27)16(29)22-11(18(31)32)3-5-12(20)25/h8-11,14,24H,3-7,19H2,1-2H3,(H2,20,25)(H,21,30)(H,22,29)(H,23,28)(H,26,27)(H,31,32). The van der Waals surface area contributed by atoms with Crippen LogP contribution >= 0.6 is 0 Å². The normalized spacial score (nSPS) is 14.5. The third-order valence-corrected chi connectivity index (χ3v) is 4.35. The molecule has 0 saturated carbocycles. The van der Waals surface area contributed by atoms with Gasteiger partial charge in [0.05, 0.1) is 6.61 Å². The number of carbonyl (C=O) groups excluding carboxylic acids is 4. The second-order valence-corrected chi connectivity index (χ2v) is 7.42. The molecule has 0 aliphatic carbocycles. The zero-order valence-electron chi connectivity index (χ0n) is 17.9. The zero-order chi connectivity index (χ0) is 25.0. The third-order valence-electron chi connectivity index (χ3n) is 4.35. The van der Waals surface area contributed by atoms with Crippen LogP contribution in [0.1, 0.15) is 39.5 Å². The highest BCUT2D eigenvalue weighted by Gasteiger charge is 2.31. The molecule has 182 valence electrons. The average Bonchev–Trinajstić information content (AvgIpc) is 2.70. The molecule has 0 bridgehead atoms. The molecule has 0 aromatic rings. The Labute approximate surface area is 184 Å². The maximum atomic E-state index is 12.7. The molecule has 0 aliphatic heterocycles. The number of aliphatic carboxylic acids is 2. The first-order valence-corrected chi connectivity index (χ1v) is 9.80. The summed E-state index contributed by atoms with van der Waals surface area (Å²) in [4.78, 5) is 70.4. The van der Waals surface area contributed by atoms with Crippen molar-refractivity contribution in [1.29, 1.82) is 0 Å². The van der Waals surface area contributed by atoms with Gasteiger partial charge in [0.1, 0.15) is 24.2 Å². The molecule has 10 N–H and O–H groups in total. The molecule has 0 radical (unpaired) electrons. The van der Waals surface area contributed by atoms with Crippen LogP contribution in [0.2, 0.25) is 0 Å². The van der Waals surface area contributed by atoms with Gasteiger partial charge in [0.15, 0.2) is 0 Å². The van der Waals surface area contributed by atoms with Crippen LogP contribution in [0.15, 0.2) is 0 Å². The predicted molar refractivity (Wildman–Crippen MR) is 109 cm³/mol. The van der Waals surface area contributed by atoms with Crippen molar-refractivity contribution in [2.75, 3.05) is 6.61 Å². The molecular formula is C18H31N5O9. The van der Waals surface area contributed by atoms with Gasteiger partial charge in [-0.25, -0.2) is 4.79 Å². The number of primary amides is 1. The smallest absolute Gasteiger partial charge is 0.326 e. The number of hydrogen-bond acceptors (Lipinski definition) is 8. The van der Waals surface area contributed by atoms with E-state index in [4.69, 9.17) is 21.7 Å². The second-order valence-electron chi connectivity index (χ2n) is 7.42. The average molecular weight is 461 g/mol. The van der Waals surface area contributed by atoms with E-state index in [0.717, 1.165) is 0 Å². The summed E-state index contributed by atoms with van der Waals surface area (Å²) in [5.74, 6) is -6.61. The molecule has 0 aromatic carbocycles. The zero-order valence-corrected chi connectivity index (χ0v) is 17.9. The summed E-state index contributed by atoms with van der Waals surface area (Å²) in [5.41, 5.74) is 10.4. The Balaban J connectivity index is 5.48.